The normalized spacial score (nSPS) is 20.0. The highest BCUT2D eigenvalue weighted by atomic mass is 19.1. The van der Waals surface area contributed by atoms with Crippen molar-refractivity contribution in [1.29, 1.82) is 0 Å². The third-order valence-corrected chi connectivity index (χ3v) is 4.60. The van der Waals surface area contributed by atoms with E-state index >= 15 is 0 Å². The third-order valence-electron chi connectivity index (χ3n) is 4.60. The van der Waals surface area contributed by atoms with E-state index in [1.807, 2.05) is 0 Å². The molecule has 2 heterocycles. The summed E-state index contributed by atoms with van der Waals surface area (Å²) in [7, 11) is 1.69. The molecule has 1 saturated heterocycles. The molecule has 1 aromatic carbocycles. The fraction of sp³-hybridized carbons (Fsp3) is 0.421. The van der Waals surface area contributed by atoms with Gasteiger partial charge in [-0.15, -0.1) is 0 Å². The first-order valence-electron chi connectivity index (χ1n) is 8.60. The van der Waals surface area contributed by atoms with Crippen LogP contribution in [0, 0.1) is 11.7 Å². The van der Waals surface area contributed by atoms with Gasteiger partial charge >= 0.3 is 6.01 Å². The standard InChI is InChI=1S/C19H22FN3O3/c1-25-17-7-10-23(18(24)13-26-19-21-8-2-9-22-19)12-15(17)11-14-3-5-16(20)6-4-14/h2-6,8-9,15,17H,7,10-13H2,1H3/t15-,17-/m1/s1. The lowest BCUT2D eigenvalue weighted by atomic mass is 9.88. The van der Waals surface area contributed by atoms with E-state index in [2.05, 4.69) is 9.97 Å². The molecular weight excluding hydrogens is 337 g/mol. The molecule has 0 bridgehead atoms. The Hall–Kier alpha value is -2.54. The summed E-state index contributed by atoms with van der Waals surface area (Å²) in [4.78, 5) is 22.1. The minimum Gasteiger partial charge on any atom is -0.453 e. The number of amides is 1. The van der Waals surface area contributed by atoms with E-state index in [0.717, 1.165) is 18.4 Å². The number of likely N-dealkylation sites (tertiary alicyclic amines) is 1. The molecule has 0 saturated carbocycles. The van der Waals surface area contributed by atoms with E-state index in [1.54, 1.807) is 42.6 Å². The number of aromatic nitrogens is 2. The monoisotopic (exact) mass is 359 g/mol. The molecule has 6 nitrogen and oxygen atoms in total. The topological polar surface area (TPSA) is 64.5 Å². The fourth-order valence-corrected chi connectivity index (χ4v) is 3.24. The summed E-state index contributed by atoms with van der Waals surface area (Å²) in [6.45, 7) is 1.11. The second-order valence-corrected chi connectivity index (χ2v) is 6.31. The van der Waals surface area contributed by atoms with Crippen LogP contribution < -0.4 is 4.74 Å². The molecule has 1 aliphatic heterocycles. The van der Waals surface area contributed by atoms with Crippen LogP contribution in [0.5, 0.6) is 6.01 Å². The van der Waals surface area contributed by atoms with E-state index in [4.69, 9.17) is 9.47 Å². The largest absolute Gasteiger partial charge is 0.453 e. The number of nitrogens with zero attached hydrogens (tertiary/aromatic N) is 3. The van der Waals surface area contributed by atoms with Gasteiger partial charge in [-0.25, -0.2) is 14.4 Å². The van der Waals surface area contributed by atoms with Crippen molar-refractivity contribution in [2.75, 3.05) is 26.8 Å². The van der Waals surface area contributed by atoms with Gasteiger partial charge in [-0.05, 0) is 36.6 Å². The summed E-state index contributed by atoms with van der Waals surface area (Å²) in [6.07, 6.45) is 4.69. The van der Waals surface area contributed by atoms with Crippen molar-refractivity contribution < 1.29 is 18.7 Å². The molecule has 1 aromatic heterocycles. The van der Waals surface area contributed by atoms with E-state index in [9.17, 15) is 9.18 Å². The number of benzene rings is 1. The second-order valence-electron chi connectivity index (χ2n) is 6.31. The molecule has 3 rings (SSSR count). The average molecular weight is 359 g/mol. The van der Waals surface area contributed by atoms with Crippen molar-refractivity contribution in [2.45, 2.75) is 18.9 Å². The molecule has 7 heteroatoms. The van der Waals surface area contributed by atoms with E-state index in [0.29, 0.717) is 13.1 Å². The van der Waals surface area contributed by atoms with Crippen LogP contribution in [-0.2, 0) is 16.0 Å². The quantitative estimate of drug-likeness (QED) is 0.790. The zero-order valence-electron chi connectivity index (χ0n) is 14.7. The van der Waals surface area contributed by atoms with Crippen molar-refractivity contribution in [3.63, 3.8) is 0 Å². The molecule has 0 unspecified atom stereocenters. The highest BCUT2D eigenvalue weighted by molar-refractivity contribution is 5.77. The Morgan fingerprint density at radius 1 is 1.27 bits per heavy atom. The maximum Gasteiger partial charge on any atom is 0.316 e. The van der Waals surface area contributed by atoms with Gasteiger partial charge in [0.1, 0.15) is 5.82 Å². The number of carbonyl (C=O) groups excluding carboxylic acids is 1. The van der Waals surface area contributed by atoms with Crippen LogP contribution in [0.15, 0.2) is 42.7 Å². The molecule has 2 atom stereocenters. The molecule has 138 valence electrons. The first-order valence-corrected chi connectivity index (χ1v) is 8.60. The van der Waals surface area contributed by atoms with Crippen molar-refractivity contribution in [3.05, 3.63) is 54.1 Å². The van der Waals surface area contributed by atoms with Crippen LogP contribution in [0.2, 0.25) is 0 Å². The predicted octanol–water partition coefficient (Wildman–Crippen LogP) is 2.10. The summed E-state index contributed by atoms with van der Waals surface area (Å²) in [5.74, 6) is -0.204. The Bertz CT molecular complexity index is 712. The number of piperidine rings is 1. The second kappa shape index (κ2) is 8.71. The summed E-state index contributed by atoms with van der Waals surface area (Å²) in [5, 5.41) is 0. The van der Waals surface area contributed by atoms with Crippen LogP contribution in [-0.4, -0.2) is 53.7 Å². The molecule has 1 amide bonds. The van der Waals surface area contributed by atoms with Gasteiger partial charge in [0.25, 0.3) is 5.91 Å². The first-order chi connectivity index (χ1) is 12.7. The van der Waals surface area contributed by atoms with Crippen molar-refractivity contribution in [3.8, 4) is 6.01 Å². The fourth-order valence-electron chi connectivity index (χ4n) is 3.24. The van der Waals surface area contributed by atoms with Gasteiger partial charge in [-0.1, -0.05) is 12.1 Å². The van der Waals surface area contributed by atoms with Crippen LogP contribution in [0.4, 0.5) is 4.39 Å². The Balaban J connectivity index is 1.58. The zero-order valence-corrected chi connectivity index (χ0v) is 14.7. The van der Waals surface area contributed by atoms with Crippen LogP contribution in [0.25, 0.3) is 0 Å². The molecule has 0 spiro atoms. The van der Waals surface area contributed by atoms with Crippen molar-refractivity contribution in [1.82, 2.24) is 14.9 Å². The number of hydrogen-bond donors (Lipinski definition) is 0. The SMILES string of the molecule is CO[C@@H]1CCN(C(=O)COc2ncccn2)C[C@H]1Cc1ccc(F)cc1. The van der Waals surface area contributed by atoms with E-state index in [-0.39, 0.29) is 36.4 Å². The molecule has 1 fully saturated rings. The minimum absolute atomic E-state index is 0.0717. The van der Waals surface area contributed by atoms with Gasteiger partial charge in [0.15, 0.2) is 6.61 Å². The average Bonchev–Trinajstić information content (AvgIpc) is 2.68. The number of rotatable bonds is 6. The molecule has 26 heavy (non-hydrogen) atoms. The number of halogens is 1. The van der Waals surface area contributed by atoms with Gasteiger partial charge in [-0.2, -0.15) is 0 Å². The smallest absolute Gasteiger partial charge is 0.316 e. The van der Waals surface area contributed by atoms with Gasteiger partial charge < -0.3 is 14.4 Å². The van der Waals surface area contributed by atoms with Gasteiger partial charge in [0.05, 0.1) is 6.10 Å². The number of ether oxygens (including phenoxy) is 2. The zero-order chi connectivity index (χ0) is 18.4. The summed E-state index contributed by atoms with van der Waals surface area (Å²) in [6, 6.07) is 8.34. The predicted molar refractivity (Wildman–Crippen MR) is 93.1 cm³/mol. The Morgan fingerprint density at radius 2 is 2.00 bits per heavy atom. The van der Waals surface area contributed by atoms with Crippen molar-refractivity contribution >= 4 is 5.91 Å². The van der Waals surface area contributed by atoms with E-state index < -0.39 is 0 Å². The highest BCUT2D eigenvalue weighted by Crippen LogP contribution is 2.24. The molecular formula is C19H22FN3O3. The molecule has 2 aromatic rings. The van der Waals surface area contributed by atoms with Gasteiger partial charge in [0.2, 0.25) is 0 Å². The number of methoxy groups -OCH3 is 1. The maximum atomic E-state index is 13.1. The van der Waals surface area contributed by atoms with Gasteiger partial charge in [-0.3, -0.25) is 4.79 Å². The Labute approximate surface area is 152 Å². The van der Waals surface area contributed by atoms with Crippen LogP contribution in [0.1, 0.15) is 12.0 Å². The van der Waals surface area contributed by atoms with Crippen molar-refractivity contribution in [2.24, 2.45) is 5.92 Å². The number of hydrogen-bond acceptors (Lipinski definition) is 5. The van der Waals surface area contributed by atoms with Crippen LogP contribution in [0.3, 0.4) is 0 Å². The van der Waals surface area contributed by atoms with E-state index in [1.165, 1.54) is 12.1 Å². The molecule has 1 aliphatic rings. The third kappa shape index (κ3) is 4.76. The minimum atomic E-state index is -0.252. The Morgan fingerprint density at radius 3 is 2.69 bits per heavy atom. The molecule has 0 aliphatic carbocycles. The lowest BCUT2D eigenvalue weighted by Crippen LogP contribution is -2.48. The van der Waals surface area contributed by atoms with Crippen LogP contribution >= 0.6 is 0 Å². The molecule has 0 N–H and O–H groups in total. The Kier molecular flexibility index (Phi) is 6.12. The number of carbonyl (C=O) groups is 1. The summed E-state index contributed by atoms with van der Waals surface area (Å²) in [5.41, 5.74) is 1.03. The van der Waals surface area contributed by atoms with Gasteiger partial charge in [0, 0.05) is 38.5 Å². The maximum absolute atomic E-state index is 13.1. The lowest BCUT2D eigenvalue weighted by molar-refractivity contribution is -0.137. The molecule has 0 radical (unpaired) electrons. The first kappa shape index (κ1) is 18.3. The summed E-state index contributed by atoms with van der Waals surface area (Å²) >= 11 is 0. The lowest BCUT2D eigenvalue weighted by Gasteiger charge is -2.38. The highest BCUT2D eigenvalue weighted by Gasteiger charge is 2.31. The summed E-state index contributed by atoms with van der Waals surface area (Å²) < 4.78 is 24.0.